The molecule has 3 amide bonds. The predicted octanol–water partition coefficient (Wildman–Crippen LogP) is 0.878. The van der Waals surface area contributed by atoms with Gasteiger partial charge in [0.2, 0.25) is 15.9 Å². The molecule has 4 heterocycles. The van der Waals surface area contributed by atoms with Crippen LogP contribution in [0.1, 0.15) is 18.4 Å². The number of rotatable bonds is 4. The summed E-state index contributed by atoms with van der Waals surface area (Å²) >= 11 is 6.06. The molecule has 1 atom stereocenters. The number of hydrogen-bond acceptors (Lipinski definition) is 7. The van der Waals surface area contributed by atoms with Crippen molar-refractivity contribution in [2.24, 2.45) is 0 Å². The third-order valence-corrected chi connectivity index (χ3v) is 8.86. The fourth-order valence-corrected chi connectivity index (χ4v) is 6.50. The Balaban J connectivity index is 1.30. The molecule has 1 aromatic heterocycles. The highest BCUT2D eigenvalue weighted by atomic mass is 35.5. The number of nitrogens with one attached hydrogen (secondary N) is 2. The van der Waals surface area contributed by atoms with Crippen molar-refractivity contribution < 1.29 is 31.2 Å². The minimum atomic E-state index is -4.51. The molecule has 0 radical (unpaired) electrons. The zero-order valence-electron chi connectivity index (χ0n) is 18.0. The van der Waals surface area contributed by atoms with Crippen molar-refractivity contribution in [2.75, 3.05) is 50.7 Å². The Labute approximate surface area is 199 Å². The van der Waals surface area contributed by atoms with Crippen LogP contribution in [-0.4, -0.2) is 91.7 Å². The van der Waals surface area contributed by atoms with Crippen LogP contribution >= 0.6 is 11.6 Å². The van der Waals surface area contributed by atoms with Gasteiger partial charge in [-0.15, -0.1) is 0 Å². The van der Waals surface area contributed by atoms with Gasteiger partial charge in [-0.1, -0.05) is 11.6 Å². The van der Waals surface area contributed by atoms with Gasteiger partial charge in [-0.2, -0.15) is 13.2 Å². The van der Waals surface area contributed by atoms with E-state index in [1.807, 2.05) is 10.2 Å². The maximum absolute atomic E-state index is 12.9. The van der Waals surface area contributed by atoms with Gasteiger partial charge in [0.05, 0.1) is 10.6 Å². The first-order chi connectivity index (χ1) is 16.0. The van der Waals surface area contributed by atoms with Crippen LogP contribution in [0.5, 0.6) is 0 Å². The highest BCUT2D eigenvalue weighted by Crippen LogP contribution is 2.34. The lowest BCUT2D eigenvalue weighted by atomic mass is 10.0. The molecule has 34 heavy (non-hydrogen) atoms. The molecule has 0 saturated carbocycles. The quantitative estimate of drug-likeness (QED) is 0.601. The summed E-state index contributed by atoms with van der Waals surface area (Å²) in [5, 5.41) is 2.94. The number of alkyl halides is 3. The lowest BCUT2D eigenvalue weighted by molar-refractivity contribution is -0.137. The molecule has 0 spiro atoms. The number of piperidine rings is 1. The molecule has 0 aromatic carbocycles. The number of imide groups is 1. The lowest BCUT2D eigenvalue weighted by Gasteiger charge is -2.43. The summed E-state index contributed by atoms with van der Waals surface area (Å²) in [6.07, 6.45) is -2.56. The van der Waals surface area contributed by atoms with Crippen molar-refractivity contribution in [3.63, 3.8) is 0 Å². The van der Waals surface area contributed by atoms with Gasteiger partial charge in [-0.05, 0) is 18.9 Å². The molecule has 4 rings (SSSR count). The molecule has 2 N–H and O–H groups in total. The lowest BCUT2D eigenvalue weighted by Crippen LogP contribution is -2.61. The number of anilines is 1. The van der Waals surface area contributed by atoms with Gasteiger partial charge < -0.3 is 10.2 Å². The number of piperazine rings is 1. The van der Waals surface area contributed by atoms with E-state index in [-0.39, 0.29) is 30.7 Å². The number of carbonyl (C=O) groups excluding carboxylic acids is 2. The van der Waals surface area contributed by atoms with Crippen molar-refractivity contribution in [2.45, 2.75) is 30.3 Å². The van der Waals surface area contributed by atoms with Gasteiger partial charge in [0.15, 0.2) is 5.25 Å². The first kappa shape index (κ1) is 24.9. The third kappa shape index (κ3) is 5.09. The van der Waals surface area contributed by atoms with E-state index in [1.165, 1.54) is 4.31 Å². The number of nitrogens with zero attached hydrogens (tertiary/aromatic N) is 4. The number of halogens is 4. The minimum Gasteiger partial charge on any atom is -0.353 e. The summed E-state index contributed by atoms with van der Waals surface area (Å²) in [4.78, 5) is 31.2. The topological polar surface area (TPSA) is 115 Å². The second kappa shape index (κ2) is 9.47. The monoisotopic (exact) mass is 524 g/mol. The van der Waals surface area contributed by atoms with Gasteiger partial charge >= 0.3 is 12.2 Å². The second-order valence-electron chi connectivity index (χ2n) is 8.41. The van der Waals surface area contributed by atoms with Crippen LogP contribution in [0.15, 0.2) is 12.3 Å². The van der Waals surface area contributed by atoms with Gasteiger partial charge in [0.1, 0.15) is 5.82 Å². The van der Waals surface area contributed by atoms with E-state index in [9.17, 15) is 31.2 Å². The smallest absolute Gasteiger partial charge is 0.353 e. The SMILES string of the molecule is O=C1NCC(S(=O)(=O)N2CCC(N3CCN(c4ncc(C(F)(F)F)cc4Cl)CC3)CC2)C(=O)N1. The van der Waals surface area contributed by atoms with E-state index in [4.69, 9.17) is 11.6 Å². The van der Waals surface area contributed by atoms with Gasteiger partial charge in [0.25, 0.3) is 0 Å². The fraction of sp³-hybridized carbons (Fsp3) is 0.632. The molecule has 3 aliphatic heterocycles. The van der Waals surface area contributed by atoms with Crippen LogP contribution in [0.4, 0.5) is 23.8 Å². The number of hydrogen-bond donors (Lipinski definition) is 2. The van der Waals surface area contributed by atoms with Gasteiger partial charge in [0, 0.05) is 58.1 Å². The normalized spacial score (nSPS) is 24.1. The van der Waals surface area contributed by atoms with Gasteiger partial charge in [-0.3, -0.25) is 15.0 Å². The molecule has 10 nitrogen and oxygen atoms in total. The Hall–Kier alpha value is -2.16. The first-order valence-electron chi connectivity index (χ1n) is 10.8. The molecule has 1 unspecified atom stereocenters. The third-order valence-electron chi connectivity index (χ3n) is 6.40. The summed E-state index contributed by atoms with van der Waals surface area (Å²) in [6, 6.07) is 0.316. The Bertz CT molecular complexity index is 1060. The average Bonchev–Trinajstić information content (AvgIpc) is 2.78. The van der Waals surface area contributed by atoms with Crippen molar-refractivity contribution >= 4 is 39.4 Å². The highest BCUT2D eigenvalue weighted by molar-refractivity contribution is 7.90. The van der Waals surface area contributed by atoms with Crippen LogP contribution in [0.25, 0.3) is 0 Å². The van der Waals surface area contributed by atoms with Crippen LogP contribution in [-0.2, 0) is 21.0 Å². The maximum atomic E-state index is 12.9. The minimum absolute atomic E-state index is 0.0512. The number of urea groups is 1. The van der Waals surface area contributed by atoms with E-state index in [0.29, 0.717) is 44.8 Å². The summed E-state index contributed by atoms with van der Waals surface area (Å²) in [5.41, 5.74) is -0.894. The standard InChI is InChI=1S/C19H24ClF3N6O4S/c20-14-9-12(19(21,22)23)10-24-16(14)28-7-5-27(6-8-28)13-1-3-29(4-2-13)34(32,33)15-11-25-18(31)26-17(15)30/h9-10,13,15H,1-8,11H2,(H2,25,26,30,31). The number of aromatic nitrogens is 1. The van der Waals surface area contributed by atoms with Crippen LogP contribution in [0.3, 0.4) is 0 Å². The number of sulfonamides is 1. The van der Waals surface area contributed by atoms with E-state index in [1.54, 1.807) is 0 Å². The summed E-state index contributed by atoms with van der Waals surface area (Å²) in [6.45, 7) is 2.59. The Kier molecular flexibility index (Phi) is 6.95. The van der Waals surface area contributed by atoms with E-state index in [0.717, 1.165) is 12.3 Å². The zero-order valence-corrected chi connectivity index (χ0v) is 19.6. The molecular formula is C19H24ClF3N6O4S. The van der Waals surface area contributed by atoms with E-state index in [2.05, 4.69) is 15.2 Å². The molecule has 3 aliphatic rings. The molecule has 0 aliphatic carbocycles. The fourth-order valence-electron chi connectivity index (χ4n) is 4.51. The van der Waals surface area contributed by atoms with Crippen molar-refractivity contribution in [1.82, 2.24) is 24.8 Å². The van der Waals surface area contributed by atoms with Crippen LogP contribution in [0, 0.1) is 0 Å². The van der Waals surface area contributed by atoms with E-state index < -0.39 is 39.0 Å². The molecule has 15 heteroatoms. The van der Waals surface area contributed by atoms with E-state index >= 15 is 0 Å². The molecule has 0 bridgehead atoms. The summed E-state index contributed by atoms with van der Waals surface area (Å²) < 4.78 is 65.6. The van der Waals surface area contributed by atoms with Crippen molar-refractivity contribution in [3.8, 4) is 0 Å². The average molecular weight is 525 g/mol. The maximum Gasteiger partial charge on any atom is 0.417 e. The van der Waals surface area contributed by atoms with Gasteiger partial charge in [-0.25, -0.2) is 22.5 Å². The molecule has 1 aromatic rings. The Morgan fingerprint density at radius 3 is 2.26 bits per heavy atom. The second-order valence-corrected chi connectivity index (χ2v) is 10.9. The predicted molar refractivity (Wildman–Crippen MR) is 117 cm³/mol. The summed E-state index contributed by atoms with van der Waals surface area (Å²) in [7, 11) is -3.90. The highest BCUT2D eigenvalue weighted by Gasteiger charge is 2.42. The zero-order chi connectivity index (χ0) is 24.7. The van der Waals surface area contributed by atoms with Crippen LogP contribution in [0.2, 0.25) is 5.02 Å². The number of amides is 3. The Morgan fingerprint density at radius 2 is 1.71 bits per heavy atom. The Morgan fingerprint density at radius 1 is 1.06 bits per heavy atom. The largest absolute Gasteiger partial charge is 0.417 e. The first-order valence-corrected chi connectivity index (χ1v) is 12.6. The number of carbonyl (C=O) groups is 2. The van der Waals surface area contributed by atoms with Crippen molar-refractivity contribution in [1.29, 1.82) is 0 Å². The molecule has 3 saturated heterocycles. The summed E-state index contributed by atoms with van der Waals surface area (Å²) in [5.74, 6) is -0.509. The molecule has 188 valence electrons. The van der Waals surface area contributed by atoms with Crippen molar-refractivity contribution in [3.05, 3.63) is 22.8 Å². The molecular weight excluding hydrogens is 501 g/mol. The number of pyridine rings is 1. The van der Waals surface area contributed by atoms with Crippen LogP contribution < -0.4 is 15.5 Å². The molecule has 3 fully saturated rings.